The molecule has 0 radical (unpaired) electrons. The molecule has 168 valence electrons. The van der Waals surface area contributed by atoms with Gasteiger partial charge in [-0.05, 0) is 30.5 Å². The van der Waals surface area contributed by atoms with Gasteiger partial charge in [0.25, 0.3) is 12.1 Å². The van der Waals surface area contributed by atoms with Crippen molar-refractivity contribution in [1.82, 2.24) is 9.80 Å². The highest BCUT2D eigenvalue weighted by atomic mass is 32.2. The second-order valence-electron chi connectivity index (χ2n) is 7.93. The van der Waals surface area contributed by atoms with Crippen molar-refractivity contribution < 1.29 is 27.5 Å². The van der Waals surface area contributed by atoms with Gasteiger partial charge in [0.2, 0.25) is 15.7 Å². The highest BCUT2D eigenvalue weighted by molar-refractivity contribution is 7.92. The van der Waals surface area contributed by atoms with E-state index in [-0.39, 0.29) is 24.3 Å². The minimum absolute atomic E-state index is 0.0279. The maximum Gasteiger partial charge on any atom is 0.419 e. The van der Waals surface area contributed by atoms with Crippen molar-refractivity contribution >= 4 is 27.7 Å². The van der Waals surface area contributed by atoms with Gasteiger partial charge in [0.15, 0.2) is 5.37 Å². The molecule has 0 spiro atoms. The van der Waals surface area contributed by atoms with Gasteiger partial charge in [0, 0.05) is 0 Å². The minimum Gasteiger partial charge on any atom is -0.415 e. The smallest absolute Gasteiger partial charge is 0.415 e. The molecule has 0 N–H and O–H groups in total. The summed E-state index contributed by atoms with van der Waals surface area (Å²) in [5.41, 5.74) is -0.480. The van der Waals surface area contributed by atoms with E-state index in [2.05, 4.69) is 0 Å². The van der Waals surface area contributed by atoms with Gasteiger partial charge in [-0.3, -0.25) is 14.5 Å². The molecule has 0 aromatic heterocycles. The average molecular weight is 457 g/mol. The SMILES string of the molecule is CCC1(CC)C(=O)N([C@H]2OC(=O)N(Cc3ccccc3)C2=O)[C@@H]1S(=O)(=O)c1ccccc1. The highest BCUT2D eigenvalue weighted by Gasteiger charge is 2.68. The van der Waals surface area contributed by atoms with E-state index < -0.39 is 44.8 Å². The first-order valence-corrected chi connectivity index (χ1v) is 12.0. The number of carbonyl (C=O) groups is 3. The third-order valence-electron chi connectivity index (χ3n) is 6.36. The Kier molecular flexibility index (Phi) is 5.54. The van der Waals surface area contributed by atoms with Crippen LogP contribution in [0.25, 0.3) is 0 Å². The van der Waals surface area contributed by atoms with Gasteiger partial charge in [-0.2, -0.15) is 0 Å². The molecule has 2 fully saturated rings. The van der Waals surface area contributed by atoms with E-state index in [4.69, 9.17) is 4.74 Å². The molecule has 2 aliphatic rings. The van der Waals surface area contributed by atoms with Crippen LogP contribution in [-0.2, 0) is 30.7 Å². The van der Waals surface area contributed by atoms with Crippen LogP contribution in [0, 0.1) is 5.41 Å². The van der Waals surface area contributed by atoms with E-state index in [1.54, 1.807) is 56.3 Å². The molecule has 0 aliphatic carbocycles. The number of imide groups is 1. The van der Waals surface area contributed by atoms with E-state index in [9.17, 15) is 22.8 Å². The molecular formula is C23H24N2O6S. The molecule has 0 unspecified atom stereocenters. The highest BCUT2D eigenvalue weighted by Crippen LogP contribution is 2.51. The van der Waals surface area contributed by atoms with E-state index in [1.807, 2.05) is 6.07 Å². The molecule has 0 bridgehead atoms. The van der Waals surface area contributed by atoms with Gasteiger partial charge in [-0.15, -0.1) is 0 Å². The van der Waals surface area contributed by atoms with Crippen molar-refractivity contribution in [3.8, 4) is 0 Å². The predicted octanol–water partition coefficient (Wildman–Crippen LogP) is 2.94. The summed E-state index contributed by atoms with van der Waals surface area (Å²) in [6, 6.07) is 16.7. The van der Waals surface area contributed by atoms with Crippen molar-refractivity contribution in [2.75, 3.05) is 0 Å². The standard InChI is InChI=1S/C23H24N2O6S/c1-3-23(4-2)20(27)25(21(23)32(29,30)17-13-9-6-10-14-17)19-18(26)24(22(28)31-19)15-16-11-7-5-8-12-16/h5-14,19,21H,3-4,15H2,1-2H3/t19-,21+/m0/s1. The maximum atomic E-state index is 13.6. The van der Waals surface area contributed by atoms with Crippen molar-refractivity contribution in [2.24, 2.45) is 5.41 Å². The normalized spacial score (nSPS) is 22.6. The minimum atomic E-state index is -4.03. The molecule has 2 saturated heterocycles. The second kappa shape index (κ2) is 8.05. The molecule has 8 nitrogen and oxygen atoms in total. The number of β-lactam (4-membered cyclic amide) rings is 1. The Morgan fingerprint density at radius 3 is 2.03 bits per heavy atom. The topological polar surface area (TPSA) is 101 Å². The molecule has 2 aromatic carbocycles. The third-order valence-corrected chi connectivity index (χ3v) is 8.55. The number of nitrogens with zero attached hydrogens (tertiary/aromatic N) is 2. The summed E-state index contributed by atoms with van der Waals surface area (Å²) in [5.74, 6) is -1.25. The number of carbonyl (C=O) groups excluding carboxylic acids is 3. The first-order chi connectivity index (χ1) is 15.3. The fourth-order valence-electron chi connectivity index (χ4n) is 4.50. The quantitative estimate of drug-likeness (QED) is 0.594. The Bertz CT molecular complexity index is 1150. The van der Waals surface area contributed by atoms with Crippen LogP contribution in [0.4, 0.5) is 4.79 Å². The van der Waals surface area contributed by atoms with Crippen LogP contribution in [0.2, 0.25) is 0 Å². The Hall–Kier alpha value is -3.20. The number of sulfone groups is 1. The number of hydrogen-bond donors (Lipinski definition) is 0. The van der Waals surface area contributed by atoms with Gasteiger partial charge < -0.3 is 4.74 Å². The number of cyclic esters (lactones) is 1. The Labute approximate surface area is 186 Å². The summed E-state index contributed by atoms with van der Waals surface area (Å²) in [6.45, 7) is 3.46. The lowest BCUT2D eigenvalue weighted by Gasteiger charge is -2.55. The molecule has 2 heterocycles. The lowest BCUT2D eigenvalue weighted by molar-refractivity contribution is -0.184. The lowest BCUT2D eigenvalue weighted by atomic mass is 9.73. The van der Waals surface area contributed by atoms with Crippen LogP contribution < -0.4 is 0 Å². The Morgan fingerprint density at radius 1 is 0.906 bits per heavy atom. The third kappa shape index (κ3) is 3.19. The van der Waals surface area contributed by atoms with Crippen LogP contribution in [0.15, 0.2) is 65.6 Å². The zero-order valence-electron chi connectivity index (χ0n) is 17.8. The first-order valence-electron chi connectivity index (χ1n) is 10.5. The lowest BCUT2D eigenvalue weighted by Crippen LogP contribution is -2.74. The molecule has 4 rings (SSSR count). The number of hydrogen-bond acceptors (Lipinski definition) is 6. The number of ether oxygens (including phenoxy) is 1. The zero-order valence-corrected chi connectivity index (χ0v) is 18.6. The summed E-state index contributed by atoms with van der Waals surface area (Å²) >= 11 is 0. The number of amides is 3. The summed E-state index contributed by atoms with van der Waals surface area (Å²) in [4.78, 5) is 40.7. The van der Waals surface area contributed by atoms with Gasteiger partial charge in [-0.25, -0.2) is 18.1 Å². The molecule has 0 saturated carbocycles. The van der Waals surface area contributed by atoms with Crippen LogP contribution in [0.1, 0.15) is 32.3 Å². The van der Waals surface area contributed by atoms with Crippen molar-refractivity contribution in [2.45, 2.75) is 49.7 Å². The number of benzene rings is 2. The van der Waals surface area contributed by atoms with E-state index in [0.29, 0.717) is 5.56 Å². The van der Waals surface area contributed by atoms with Gasteiger partial charge >= 0.3 is 6.09 Å². The van der Waals surface area contributed by atoms with Crippen molar-refractivity contribution in [3.05, 3.63) is 66.2 Å². The van der Waals surface area contributed by atoms with Crippen molar-refractivity contribution in [1.29, 1.82) is 0 Å². The van der Waals surface area contributed by atoms with Crippen LogP contribution in [0.3, 0.4) is 0 Å². The molecule has 2 aliphatic heterocycles. The van der Waals surface area contributed by atoms with Crippen LogP contribution in [-0.4, -0.2) is 47.7 Å². The molecule has 32 heavy (non-hydrogen) atoms. The Morgan fingerprint density at radius 2 is 1.47 bits per heavy atom. The van der Waals surface area contributed by atoms with E-state index >= 15 is 0 Å². The van der Waals surface area contributed by atoms with Crippen LogP contribution in [0.5, 0.6) is 0 Å². The number of rotatable bonds is 7. The fourth-order valence-corrected chi connectivity index (χ4v) is 6.83. The van der Waals surface area contributed by atoms with Gasteiger partial charge in [-0.1, -0.05) is 62.4 Å². The average Bonchev–Trinajstić information content (AvgIpc) is 3.07. The van der Waals surface area contributed by atoms with Crippen LogP contribution >= 0.6 is 0 Å². The summed E-state index contributed by atoms with van der Waals surface area (Å²) in [7, 11) is -4.03. The fraction of sp³-hybridized carbons (Fsp3) is 0.348. The summed E-state index contributed by atoms with van der Waals surface area (Å²) in [6.07, 6.45) is -1.96. The van der Waals surface area contributed by atoms with Gasteiger partial charge in [0.05, 0.1) is 16.9 Å². The Balaban J connectivity index is 1.70. The molecule has 9 heteroatoms. The van der Waals surface area contributed by atoms with E-state index in [0.717, 1.165) is 9.80 Å². The molecule has 2 aromatic rings. The molecule has 2 atom stereocenters. The summed E-state index contributed by atoms with van der Waals surface area (Å²) < 4.78 is 32.4. The van der Waals surface area contributed by atoms with Gasteiger partial charge in [0.1, 0.15) is 0 Å². The maximum absolute atomic E-state index is 13.6. The predicted molar refractivity (Wildman–Crippen MR) is 115 cm³/mol. The first kappa shape index (κ1) is 22.0. The number of likely N-dealkylation sites (tertiary alicyclic amines) is 1. The second-order valence-corrected chi connectivity index (χ2v) is 9.94. The van der Waals surface area contributed by atoms with Crippen molar-refractivity contribution in [3.63, 3.8) is 0 Å². The zero-order chi connectivity index (χ0) is 23.1. The monoisotopic (exact) mass is 456 g/mol. The molecule has 3 amide bonds. The van der Waals surface area contributed by atoms with E-state index in [1.165, 1.54) is 12.1 Å². The summed E-state index contributed by atoms with van der Waals surface area (Å²) in [5, 5.41) is -1.31. The molecular weight excluding hydrogens is 432 g/mol. The largest absolute Gasteiger partial charge is 0.419 e.